The molecular weight excluding hydrogens is 871 g/mol. The van der Waals surface area contributed by atoms with E-state index in [9.17, 15) is 32.3 Å². The van der Waals surface area contributed by atoms with E-state index >= 15 is 4.39 Å². The molecular formula is C49H53F4N9O5. The predicted octanol–water partition coefficient (Wildman–Crippen LogP) is 5.53. The van der Waals surface area contributed by atoms with Crippen LogP contribution in [0.4, 0.5) is 34.6 Å². The van der Waals surface area contributed by atoms with Gasteiger partial charge in [0.1, 0.15) is 18.2 Å². The zero-order valence-electron chi connectivity index (χ0n) is 37.6. The number of aromatic nitrogens is 3. The third-order valence-electron chi connectivity index (χ3n) is 15.9. The first-order valence-corrected chi connectivity index (χ1v) is 23.3. The summed E-state index contributed by atoms with van der Waals surface area (Å²) >= 11 is 0. The number of hydrogen-bond acceptors (Lipinski definition) is 10. The van der Waals surface area contributed by atoms with Crippen molar-refractivity contribution in [3.63, 3.8) is 0 Å². The summed E-state index contributed by atoms with van der Waals surface area (Å²) in [6.45, 7) is 7.85. The van der Waals surface area contributed by atoms with Gasteiger partial charge in [-0.3, -0.25) is 24.5 Å². The van der Waals surface area contributed by atoms with Gasteiger partial charge in [-0.2, -0.15) is 13.2 Å². The third kappa shape index (κ3) is 7.54. The van der Waals surface area contributed by atoms with Gasteiger partial charge in [-0.05, 0) is 105 Å². The number of anilines is 3. The van der Waals surface area contributed by atoms with E-state index in [2.05, 4.69) is 25.3 Å². The molecule has 0 saturated carbocycles. The average Bonchev–Trinajstić information content (AvgIpc) is 3.96. The Labute approximate surface area is 385 Å². The summed E-state index contributed by atoms with van der Waals surface area (Å²) in [5.74, 6) is -0.921. The zero-order valence-corrected chi connectivity index (χ0v) is 37.6. The number of benzene rings is 3. The predicted molar refractivity (Wildman–Crippen MR) is 238 cm³/mol. The quantitative estimate of drug-likeness (QED) is 0.169. The lowest BCUT2D eigenvalue weighted by Crippen LogP contribution is -2.60. The Morgan fingerprint density at radius 1 is 0.881 bits per heavy atom. The van der Waals surface area contributed by atoms with Gasteiger partial charge >= 0.3 is 6.18 Å². The van der Waals surface area contributed by atoms with E-state index in [1.807, 2.05) is 34.7 Å². The number of nitrogens with zero attached hydrogens (tertiary/aromatic N) is 8. The highest BCUT2D eigenvalue weighted by Gasteiger charge is 2.48. The second kappa shape index (κ2) is 16.1. The molecule has 5 saturated heterocycles. The van der Waals surface area contributed by atoms with E-state index in [1.165, 1.54) is 15.9 Å². The maximum atomic E-state index is 16.2. The molecule has 4 amide bonds. The van der Waals surface area contributed by atoms with Gasteiger partial charge in [0.15, 0.2) is 5.82 Å². The van der Waals surface area contributed by atoms with E-state index in [0.29, 0.717) is 85.5 Å². The number of imide groups is 1. The van der Waals surface area contributed by atoms with Crippen molar-refractivity contribution in [1.29, 1.82) is 0 Å². The Balaban J connectivity index is 0.702. The van der Waals surface area contributed by atoms with Crippen molar-refractivity contribution in [3.8, 4) is 0 Å². The van der Waals surface area contributed by atoms with E-state index < -0.39 is 35.4 Å². The van der Waals surface area contributed by atoms with Crippen molar-refractivity contribution in [2.75, 3.05) is 73.7 Å². The molecule has 18 heteroatoms. The first-order valence-electron chi connectivity index (χ1n) is 23.3. The highest BCUT2D eigenvalue weighted by atomic mass is 19.4. The second-order valence-electron chi connectivity index (χ2n) is 20.1. The number of piperidine rings is 3. The smallest absolute Gasteiger partial charge is 0.379 e. The van der Waals surface area contributed by atoms with Crippen LogP contribution in [0.3, 0.4) is 0 Å². The van der Waals surface area contributed by atoms with Crippen LogP contribution >= 0.6 is 0 Å². The van der Waals surface area contributed by atoms with Gasteiger partial charge in [-0.15, -0.1) is 10.2 Å². The number of rotatable bonds is 9. The molecule has 67 heavy (non-hydrogen) atoms. The van der Waals surface area contributed by atoms with E-state index in [-0.39, 0.29) is 59.7 Å². The van der Waals surface area contributed by atoms with Crippen LogP contribution in [0.25, 0.3) is 0 Å². The van der Waals surface area contributed by atoms with Gasteiger partial charge in [0.05, 0.1) is 43.1 Å². The van der Waals surface area contributed by atoms with Crippen LogP contribution in [0.2, 0.25) is 0 Å². The average molecular weight is 924 g/mol. The van der Waals surface area contributed by atoms with Crippen LogP contribution in [-0.2, 0) is 52.5 Å². The lowest BCUT2D eigenvalue weighted by atomic mass is 9.71. The normalized spacial score (nSPS) is 22.9. The summed E-state index contributed by atoms with van der Waals surface area (Å²) in [5, 5.41) is 10.6. The molecule has 11 rings (SSSR count). The number of alkyl halides is 3. The number of nitrogens with one attached hydrogen (secondary N) is 1. The number of carbonyl (C=O) groups is 4. The number of halogens is 4. The Bertz CT molecular complexity index is 2690. The van der Waals surface area contributed by atoms with Gasteiger partial charge in [-0.1, -0.05) is 12.1 Å². The molecule has 1 unspecified atom stereocenters. The molecule has 1 aromatic heterocycles. The van der Waals surface area contributed by atoms with Crippen molar-refractivity contribution in [2.24, 2.45) is 18.4 Å². The standard InChI is InChI=1S/C49H53F4N9O5/c1-29-16-39(43(50)36-23-62(46(66)42(29)36)38-6-7-41(63)55-44(38)64)59-12-8-30(9-13-59)21-58-14-10-47(11-15-58)24-60(25-47)33-18-34-35(37(19-33)49(51,52)53)22-61(45(34)65)32-5-3-4-31(17-32)48(26-67-27-48)20-40-56-54-28-57(40)2/h3-5,16-19,28,30,38H,6-15,20-27H2,1-2H3,(H,55,63,64). The summed E-state index contributed by atoms with van der Waals surface area (Å²) in [5.41, 5.74) is 2.61. The Hall–Kier alpha value is -5.88. The molecule has 8 heterocycles. The molecule has 3 aromatic carbocycles. The maximum Gasteiger partial charge on any atom is 0.416 e. The van der Waals surface area contributed by atoms with Crippen molar-refractivity contribution >= 4 is 40.7 Å². The van der Waals surface area contributed by atoms with E-state index in [4.69, 9.17) is 4.74 Å². The Kier molecular flexibility index (Phi) is 10.5. The summed E-state index contributed by atoms with van der Waals surface area (Å²) in [6.07, 6.45) is 1.55. The first kappa shape index (κ1) is 43.7. The second-order valence-corrected chi connectivity index (χ2v) is 20.1. The van der Waals surface area contributed by atoms with Gasteiger partial charge in [0.25, 0.3) is 11.8 Å². The number of aryl methyl sites for hydroxylation is 2. The zero-order chi connectivity index (χ0) is 46.6. The third-order valence-corrected chi connectivity index (χ3v) is 15.9. The van der Waals surface area contributed by atoms with Crippen molar-refractivity contribution in [1.82, 2.24) is 29.9 Å². The molecule has 0 bridgehead atoms. The molecule has 14 nitrogen and oxygen atoms in total. The van der Waals surface area contributed by atoms with Crippen molar-refractivity contribution in [2.45, 2.75) is 82.6 Å². The fourth-order valence-corrected chi connectivity index (χ4v) is 11.9. The minimum absolute atomic E-state index is 0.00191. The van der Waals surface area contributed by atoms with Crippen molar-refractivity contribution < 1.29 is 41.5 Å². The summed E-state index contributed by atoms with van der Waals surface area (Å²) in [6, 6.07) is 11.3. The van der Waals surface area contributed by atoms with Gasteiger partial charge in [0, 0.05) is 85.9 Å². The highest BCUT2D eigenvalue weighted by Crippen LogP contribution is 2.47. The lowest BCUT2D eigenvalue weighted by Gasteiger charge is -2.55. The molecule has 0 aliphatic carbocycles. The number of carbonyl (C=O) groups excluding carboxylic acids is 4. The van der Waals surface area contributed by atoms with Gasteiger partial charge < -0.3 is 33.8 Å². The van der Waals surface area contributed by atoms with Crippen LogP contribution < -0.4 is 20.0 Å². The lowest BCUT2D eigenvalue weighted by molar-refractivity contribution is -0.138. The minimum Gasteiger partial charge on any atom is -0.379 e. The molecule has 352 valence electrons. The summed E-state index contributed by atoms with van der Waals surface area (Å²) in [4.78, 5) is 61.1. The minimum atomic E-state index is -4.64. The molecule has 1 atom stereocenters. The maximum absolute atomic E-state index is 16.2. The van der Waals surface area contributed by atoms with E-state index in [1.54, 1.807) is 31.5 Å². The van der Waals surface area contributed by atoms with Crippen LogP contribution in [0, 0.1) is 24.1 Å². The van der Waals surface area contributed by atoms with Crippen LogP contribution in [-0.4, -0.2) is 113 Å². The largest absolute Gasteiger partial charge is 0.416 e. The Morgan fingerprint density at radius 3 is 2.31 bits per heavy atom. The summed E-state index contributed by atoms with van der Waals surface area (Å²) < 4.78 is 68.1. The topological polar surface area (TPSA) is 136 Å². The molecule has 7 aliphatic heterocycles. The van der Waals surface area contributed by atoms with Crippen LogP contribution in [0.15, 0.2) is 48.8 Å². The molecule has 5 fully saturated rings. The number of amides is 4. The molecule has 1 N–H and O–H groups in total. The molecule has 1 spiro atoms. The fraction of sp³-hybridized carbons (Fsp3) is 0.510. The fourth-order valence-electron chi connectivity index (χ4n) is 11.9. The SMILES string of the molecule is Cc1cc(N2CCC(CN3CCC4(CC3)CN(c3cc5c(c(C(F)(F)F)c3)CN(c3cccc(C6(Cc7nncn7C)COC6)c3)C5=O)C4)CC2)c(F)c2c1C(=O)N(C1CCC(=O)NC1=O)C2. The Morgan fingerprint density at radius 2 is 1.64 bits per heavy atom. The first-order chi connectivity index (χ1) is 32.1. The molecule has 4 aromatic rings. The number of hydrogen-bond donors (Lipinski definition) is 1. The van der Waals surface area contributed by atoms with E-state index in [0.717, 1.165) is 56.7 Å². The monoisotopic (exact) mass is 923 g/mol. The van der Waals surface area contributed by atoms with Crippen LogP contribution in [0.5, 0.6) is 0 Å². The number of fused-ring (bicyclic) bond motifs is 2. The number of ether oxygens (including phenoxy) is 1. The van der Waals surface area contributed by atoms with Gasteiger partial charge in [-0.25, -0.2) is 4.39 Å². The molecule has 0 radical (unpaired) electrons. The molecule has 7 aliphatic rings. The highest BCUT2D eigenvalue weighted by molar-refractivity contribution is 6.11. The van der Waals surface area contributed by atoms with Crippen molar-refractivity contribution in [3.05, 3.63) is 99.4 Å². The van der Waals surface area contributed by atoms with Gasteiger partial charge in [0.2, 0.25) is 11.8 Å². The summed E-state index contributed by atoms with van der Waals surface area (Å²) in [7, 11) is 1.88. The van der Waals surface area contributed by atoms with Crippen LogP contribution in [0.1, 0.15) is 92.9 Å². The number of likely N-dealkylation sites (tertiary alicyclic amines) is 1.